The van der Waals surface area contributed by atoms with Crippen LogP contribution in [-0.2, 0) is 15.7 Å². The highest BCUT2D eigenvalue weighted by Crippen LogP contribution is 2.34. The third-order valence-corrected chi connectivity index (χ3v) is 5.30. The van der Waals surface area contributed by atoms with E-state index in [0.29, 0.717) is 0 Å². The quantitative estimate of drug-likeness (QED) is 0.421. The fourth-order valence-electron chi connectivity index (χ4n) is 3.53. The molecule has 1 aliphatic rings. The number of ether oxygens (including phenoxy) is 1. The maximum absolute atomic E-state index is 13.1. The molecule has 0 saturated heterocycles. The number of alkyl halides is 3. The van der Waals surface area contributed by atoms with E-state index >= 15 is 0 Å². The number of hydrogen-bond donors (Lipinski definition) is 1. The van der Waals surface area contributed by atoms with Crippen molar-refractivity contribution >= 4 is 35.1 Å². The number of carbonyl (C=O) groups is 4. The van der Waals surface area contributed by atoms with E-state index in [9.17, 15) is 32.3 Å². The smallest absolute Gasteiger partial charge is 0.418 e. The standard InChI is InChI=1S/C25H17F3N2O5/c1-14(21(31)29-20-9-5-4-8-19(20)25(26,27)28)35-24(34)15-10-12-16(13-11-15)30-22(32)17-6-2-3-7-18(17)23(30)33/h2-14H,1H3,(H,29,31). The van der Waals surface area contributed by atoms with Gasteiger partial charge in [0.15, 0.2) is 6.10 Å². The number of benzene rings is 3. The number of carbonyl (C=O) groups excluding carboxylic acids is 4. The molecule has 1 heterocycles. The van der Waals surface area contributed by atoms with E-state index < -0.39 is 47.2 Å². The van der Waals surface area contributed by atoms with Crippen molar-refractivity contribution in [3.05, 3.63) is 95.1 Å². The van der Waals surface area contributed by atoms with Gasteiger partial charge in [-0.05, 0) is 55.5 Å². The maximum Gasteiger partial charge on any atom is 0.418 e. The van der Waals surface area contributed by atoms with Gasteiger partial charge in [0.2, 0.25) is 0 Å². The molecule has 3 amide bonds. The van der Waals surface area contributed by atoms with Crippen LogP contribution < -0.4 is 10.2 Å². The van der Waals surface area contributed by atoms with Crippen LogP contribution in [-0.4, -0.2) is 29.8 Å². The number of fused-ring (bicyclic) bond motifs is 1. The number of halogens is 3. The van der Waals surface area contributed by atoms with Crippen LogP contribution in [0.5, 0.6) is 0 Å². The summed E-state index contributed by atoms with van der Waals surface area (Å²) in [4.78, 5) is 50.9. The van der Waals surface area contributed by atoms with Crippen LogP contribution in [0.2, 0.25) is 0 Å². The van der Waals surface area contributed by atoms with Gasteiger partial charge in [0.05, 0.1) is 33.6 Å². The molecular weight excluding hydrogens is 465 g/mol. The van der Waals surface area contributed by atoms with Crippen molar-refractivity contribution in [2.24, 2.45) is 0 Å². The number of rotatable bonds is 5. The molecule has 0 fully saturated rings. The summed E-state index contributed by atoms with van der Waals surface area (Å²) >= 11 is 0. The number of hydrogen-bond acceptors (Lipinski definition) is 5. The third kappa shape index (κ3) is 4.63. The average molecular weight is 482 g/mol. The van der Waals surface area contributed by atoms with E-state index in [-0.39, 0.29) is 22.4 Å². The zero-order valence-electron chi connectivity index (χ0n) is 18.1. The van der Waals surface area contributed by atoms with E-state index in [0.717, 1.165) is 17.0 Å². The fourth-order valence-corrected chi connectivity index (χ4v) is 3.53. The first-order valence-corrected chi connectivity index (χ1v) is 10.3. The van der Waals surface area contributed by atoms with Crippen LogP contribution in [0.4, 0.5) is 24.5 Å². The first kappa shape index (κ1) is 23.7. The van der Waals surface area contributed by atoms with Crippen molar-refractivity contribution in [1.29, 1.82) is 0 Å². The van der Waals surface area contributed by atoms with E-state index in [1.165, 1.54) is 43.3 Å². The lowest BCUT2D eigenvalue weighted by atomic mass is 10.1. The Morgan fingerprint density at radius 3 is 1.97 bits per heavy atom. The van der Waals surface area contributed by atoms with Crippen molar-refractivity contribution < 1.29 is 37.1 Å². The predicted octanol–water partition coefficient (Wildman–Crippen LogP) is 4.69. The Kier molecular flexibility index (Phi) is 6.12. The van der Waals surface area contributed by atoms with Gasteiger partial charge in [-0.25, -0.2) is 9.69 Å². The van der Waals surface area contributed by atoms with Gasteiger partial charge < -0.3 is 10.1 Å². The van der Waals surface area contributed by atoms with E-state index in [2.05, 4.69) is 5.32 Å². The van der Waals surface area contributed by atoms with Gasteiger partial charge in [-0.15, -0.1) is 0 Å². The monoisotopic (exact) mass is 482 g/mol. The summed E-state index contributed by atoms with van der Waals surface area (Å²) in [6.07, 6.45) is -6.08. The molecule has 1 aliphatic heterocycles. The molecule has 0 aromatic heterocycles. The van der Waals surface area contributed by atoms with Gasteiger partial charge in [0.25, 0.3) is 17.7 Å². The van der Waals surface area contributed by atoms with Crippen molar-refractivity contribution in [3.63, 3.8) is 0 Å². The molecule has 178 valence electrons. The molecule has 1 unspecified atom stereocenters. The number of para-hydroxylation sites is 1. The zero-order valence-corrected chi connectivity index (χ0v) is 18.1. The van der Waals surface area contributed by atoms with Crippen molar-refractivity contribution in [2.75, 3.05) is 10.2 Å². The number of esters is 1. The Hall–Kier alpha value is -4.47. The second-order valence-electron chi connectivity index (χ2n) is 7.62. The Balaban J connectivity index is 1.43. The highest BCUT2D eigenvalue weighted by atomic mass is 19.4. The van der Waals surface area contributed by atoms with Crippen LogP contribution >= 0.6 is 0 Å². The predicted molar refractivity (Wildman–Crippen MR) is 119 cm³/mol. The summed E-state index contributed by atoms with van der Waals surface area (Å²) in [5.41, 5.74) is -0.697. The summed E-state index contributed by atoms with van der Waals surface area (Å²) in [6, 6.07) is 16.2. The van der Waals surface area contributed by atoms with Gasteiger partial charge in [-0.1, -0.05) is 24.3 Å². The van der Waals surface area contributed by atoms with Gasteiger partial charge in [-0.2, -0.15) is 13.2 Å². The van der Waals surface area contributed by atoms with Gasteiger partial charge >= 0.3 is 12.1 Å². The molecule has 3 aromatic rings. The molecule has 7 nitrogen and oxygen atoms in total. The van der Waals surface area contributed by atoms with Gasteiger partial charge in [0, 0.05) is 0 Å². The molecule has 3 aromatic carbocycles. The second kappa shape index (κ2) is 9.05. The topological polar surface area (TPSA) is 92.8 Å². The largest absolute Gasteiger partial charge is 0.449 e. The van der Waals surface area contributed by atoms with Crippen LogP contribution in [0.15, 0.2) is 72.8 Å². The summed E-state index contributed by atoms with van der Waals surface area (Å²) in [7, 11) is 0. The molecule has 0 radical (unpaired) electrons. The normalized spacial score (nSPS) is 13.9. The summed E-state index contributed by atoms with van der Waals surface area (Å²) in [6.45, 7) is 1.22. The average Bonchev–Trinajstić information content (AvgIpc) is 3.09. The van der Waals surface area contributed by atoms with Crippen LogP contribution in [0, 0.1) is 0 Å². The number of imide groups is 1. The highest BCUT2D eigenvalue weighted by molar-refractivity contribution is 6.34. The lowest BCUT2D eigenvalue weighted by Gasteiger charge is -2.17. The van der Waals surface area contributed by atoms with Crippen LogP contribution in [0.3, 0.4) is 0 Å². The van der Waals surface area contributed by atoms with Crippen molar-refractivity contribution in [1.82, 2.24) is 0 Å². The summed E-state index contributed by atoms with van der Waals surface area (Å²) in [5.74, 6) is -2.85. The molecule has 35 heavy (non-hydrogen) atoms. The Morgan fingerprint density at radius 2 is 1.40 bits per heavy atom. The van der Waals surface area contributed by atoms with E-state index in [1.54, 1.807) is 24.3 Å². The number of nitrogens with zero attached hydrogens (tertiary/aromatic N) is 1. The third-order valence-electron chi connectivity index (χ3n) is 5.30. The Bertz CT molecular complexity index is 1300. The Labute approximate surface area is 197 Å². The van der Waals surface area contributed by atoms with Crippen molar-refractivity contribution in [3.8, 4) is 0 Å². The SMILES string of the molecule is CC(OC(=O)c1ccc(N2C(=O)c3ccccc3C2=O)cc1)C(=O)Nc1ccccc1C(F)(F)F. The highest BCUT2D eigenvalue weighted by Gasteiger charge is 2.36. The lowest BCUT2D eigenvalue weighted by molar-refractivity contribution is -0.137. The summed E-state index contributed by atoms with van der Waals surface area (Å²) < 4.78 is 44.4. The number of nitrogens with one attached hydrogen (secondary N) is 1. The molecule has 1 N–H and O–H groups in total. The molecule has 0 aliphatic carbocycles. The molecule has 10 heteroatoms. The van der Waals surface area contributed by atoms with E-state index in [4.69, 9.17) is 4.74 Å². The number of anilines is 2. The first-order chi connectivity index (χ1) is 16.6. The minimum Gasteiger partial charge on any atom is -0.449 e. The molecule has 0 spiro atoms. The summed E-state index contributed by atoms with van der Waals surface area (Å²) in [5, 5.41) is 2.12. The van der Waals surface area contributed by atoms with Gasteiger partial charge in [-0.3, -0.25) is 14.4 Å². The maximum atomic E-state index is 13.1. The molecule has 0 saturated carbocycles. The fraction of sp³-hybridized carbons (Fsp3) is 0.120. The van der Waals surface area contributed by atoms with Crippen LogP contribution in [0.25, 0.3) is 0 Å². The lowest BCUT2D eigenvalue weighted by Crippen LogP contribution is -2.31. The number of amides is 3. The molecule has 1 atom stereocenters. The molecule has 0 bridgehead atoms. The molecular formula is C25H17F3N2O5. The minimum atomic E-state index is -4.68. The van der Waals surface area contributed by atoms with Crippen molar-refractivity contribution in [2.45, 2.75) is 19.2 Å². The second-order valence-corrected chi connectivity index (χ2v) is 7.62. The van der Waals surface area contributed by atoms with E-state index in [1.807, 2.05) is 0 Å². The Morgan fingerprint density at radius 1 is 0.857 bits per heavy atom. The molecule has 4 rings (SSSR count). The minimum absolute atomic E-state index is 0.0145. The first-order valence-electron chi connectivity index (χ1n) is 10.3. The van der Waals surface area contributed by atoms with Gasteiger partial charge in [0.1, 0.15) is 0 Å². The van der Waals surface area contributed by atoms with Crippen LogP contribution in [0.1, 0.15) is 43.6 Å². The zero-order chi connectivity index (χ0) is 25.3.